The van der Waals surface area contributed by atoms with Gasteiger partial charge in [-0.15, -0.1) is 11.3 Å². The zero-order valence-corrected chi connectivity index (χ0v) is 13.3. The molecule has 1 aromatic carbocycles. The van der Waals surface area contributed by atoms with Gasteiger partial charge in [-0.1, -0.05) is 35.9 Å². The predicted octanol–water partition coefficient (Wildman–Crippen LogP) is 4.53. The molecule has 0 saturated heterocycles. The number of aromatic nitrogens is 1. The van der Waals surface area contributed by atoms with Crippen LogP contribution in [-0.2, 0) is 0 Å². The molecule has 2 N–H and O–H groups in total. The van der Waals surface area contributed by atoms with Crippen LogP contribution in [-0.4, -0.2) is 10.8 Å². The molecule has 3 nitrogen and oxygen atoms in total. The quantitative estimate of drug-likeness (QED) is 0.723. The number of nitrogen functional groups attached to an aromatic ring is 1. The summed E-state index contributed by atoms with van der Waals surface area (Å²) in [5.41, 5.74) is 9.38. The summed E-state index contributed by atoms with van der Waals surface area (Å²) in [4.78, 5) is 18.5. The minimum Gasteiger partial charge on any atom is -0.397 e. The van der Waals surface area contributed by atoms with Crippen LogP contribution < -0.4 is 5.73 Å². The lowest BCUT2D eigenvalue weighted by atomic mass is 10.1. The van der Waals surface area contributed by atoms with Gasteiger partial charge >= 0.3 is 0 Å². The van der Waals surface area contributed by atoms with Crippen LogP contribution in [0.1, 0.15) is 34.8 Å². The molecule has 3 aromatic rings. The van der Waals surface area contributed by atoms with E-state index >= 15 is 0 Å². The standard InChI is InChI=1S/C18H16N2OS/c1-11(2)10-13-8-9-14-15(19)17(22-18(14)20-13)16(21)12-6-4-3-5-7-12/h3-10H,19H2,1-2H3. The van der Waals surface area contributed by atoms with E-state index in [2.05, 4.69) is 4.98 Å². The first-order valence-electron chi connectivity index (χ1n) is 7.00. The van der Waals surface area contributed by atoms with Gasteiger partial charge in [-0.25, -0.2) is 4.98 Å². The predicted molar refractivity (Wildman–Crippen MR) is 93.2 cm³/mol. The number of allylic oxidation sites excluding steroid dienone is 1. The van der Waals surface area contributed by atoms with Crippen LogP contribution in [0.2, 0.25) is 0 Å². The lowest BCUT2D eigenvalue weighted by Gasteiger charge is -1.99. The van der Waals surface area contributed by atoms with Crippen molar-refractivity contribution in [3.8, 4) is 0 Å². The van der Waals surface area contributed by atoms with Crippen molar-refractivity contribution in [3.05, 3.63) is 64.2 Å². The number of ketones is 1. The zero-order valence-electron chi connectivity index (χ0n) is 12.5. The minimum atomic E-state index is -0.0511. The highest BCUT2D eigenvalue weighted by Crippen LogP contribution is 2.34. The molecule has 0 aliphatic rings. The molecule has 2 heterocycles. The molecule has 0 radical (unpaired) electrons. The van der Waals surface area contributed by atoms with Crippen molar-refractivity contribution in [2.75, 3.05) is 5.73 Å². The van der Waals surface area contributed by atoms with Gasteiger partial charge in [0.2, 0.25) is 5.78 Å². The van der Waals surface area contributed by atoms with Crippen molar-refractivity contribution in [3.63, 3.8) is 0 Å². The van der Waals surface area contributed by atoms with E-state index in [0.717, 1.165) is 15.9 Å². The van der Waals surface area contributed by atoms with Gasteiger partial charge in [0.05, 0.1) is 11.4 Å². The Morgan fingerprint density at radius 2 is 1.86 bits per heavy atom. The van der Waals surface area contributed by atoms with Gasteiger partial charge in [-0.2, -0.15) is 0 Å². The van der Waals surface area contributed by atoms with E-state index in [4.69, 9.17) is 5.73 Å². The first-order chi connectivity index (χ1) is 10.6. The molecule has 0 spiro atoms. The fourth-order valence-corrected chi connectivity index (χ4v) is 3.34. The van der Waals surface area contributed by atoms with E-state index < -0.39 is 0 Å². The molecule has 3 rings (SSSR count). The van der Waals surface area contributed by atoms with Crippen molar-refractivity contribution in [1.29, 1.82) is 0 Å². The molecule has 0 atom stereocenters. The third kappa shape index (κ3) is 2.65. The number of pyridine rings is 1. The Hall–Kier alpha value is -2.46. The average Bonchev–Trinajstić information content (AvgIpc) is 2.83. The summed E-state index contributed by atoms with van der Waals surface area (Å²) in [6, 6.07) is 13.0. The highest BCUT2D eigenvalue weighted by Gasteiger charge is 2.18. The Kier molecular flexibility index (Phi) is 3.77. The van der Waals surface area contributed by atoms with Crippen LogP contribution in [0.4, 0.5) is 5.69 Å². The van der Waals surface area contributed by atoms with Crippen molar-refractivity contribution >= 4 is 39.1 Å². The maximum absolute atomic E-state index is 12.6. The normalized spacial score (nSPS) is 10.6. The van der Waals surface area contributed by atoms with Crippen LogP contribution in [0.25, 0.3) is 16.3 Å². The second kappa shape index (κ2) is 5.73. The van der Waals surface area contributed by atoms with Crippen molar-refractivity contribution in [2.24, 2.45) is 0 Å². The molecule has 0 saturated carbocycles. The van der Waals surface area contributed by atoms with E-state index in [1.807, 2.05) is 50.3 Å². The van der Waals surface area contributed by atoms with E-state index in [-0.39, 0.29) is 5.78 Å². The Morgan fingerprint density at radius 1 is 1.14 bits per heavy atom. The largest absolute Gasteiger partial charge is 0.397 e. The molecule has 0 fully saturated rings. The zero-order chi connectivity index (χ0) is 15.7. The van der Waals surface area contributed by atoms with Gasteiger partial charge < -0.3 is 5.73 Å². The first-order valence-corrected chi connectivity index (χ1v) is 7.81. The van der Waals surface area contributed by atoms with E-state index in [1.165, 1.54) is 16.9 Å². The number of fused-ring (bicyclic) bond motifs is 1. The smallest absolute Gasteiger partial charge is 0.205 e. The molecule has 0 amide bonds. The number of hydrogen-bond acceptors (Lipinski definition) is 4. The first kappa shape index (κ1) is 14.5. The SMILES string of the molecule is CC(C)=Cc1ccc2c(N)c(C(=O)c3ccccc3)sc2n1. The summed E-state index contributed by atoms with van der Waals surface area (Å²) in [6.45, 7) is 4.05. The average molecular weight is 308 g/mol. The Morgan fingerprint density at radius 3 is 2.55 bits per heavy atom. The van der Waals surface area contributed by atoms with Gasteiger partial charge in [-0.05, 0) is 32.1 Å². The topological polar surface area (TPSA) is 56.0 Å². The van der Waals surface area contributed by atoms with Gasteiger partial charge in [0.15, 0.2) is 0 Å². The highest BCUT2D eigenvalue weighted by atomic mass is 32.1. The number of thiophene rings is 1. The van der Waals surface area contributed by atoms with Crippen molar-refractivity contribution < 1.29 is 4.79 Å². The van der Waals surface area contributed by atoms with Gasteiger partial charge in [0.25, 0.3) is 0 Å². The van der Waals surface area contributed by atoms with E-state index in [9.17, 15) is 4.79 Å². The van der Waals surface area contributed by atoms with Gasteiger partial charge in [0.1, 0.15) is 9.71 Å². The third-order valence-corrected chi connectivity index (χ3v) is 4.41. The second-order valence-corrected chi connectivity index (χ2v) is 6.35. The Labute approximate surface area is 133 Å². The van der Waals surface area contributed by atoms with Crippen LogP contribution in [0, 0.1) is 0 Å². The number of carbonyl (C=O) groups is 1. The lowest BCUT2D eigenvalue weighted by molar-refractivity contribution is 0.104. The molecule has 0 unspecified atom stereocenters. The lowest BCUT2D eigenvalue weighted by Crippen LogP contribution is -2.01. The maximum Gasteiger partial charge on any atom is 0.205 e. The fourth-order valence-electron chi connectivity index (χ4n) is 2.28. The van der Waals surface area contributed by atoms with Crippen LogP contribution in [0.5, 0.6) is 0 Å². The number of nitrogens with zero attached hydrogens (tertiary/aromatic N) is 1. The van der Waals surface area contributed by atoms with E-state index in [1.54, 1.807) is 12.1 Å². The molecule has 0 aliphatic heterocycles. The summed E-state index contributed by atoms with van der Waals surface area (Å²) in [5, 5.41) is 0.843. The molecule has 22 heavy (non-hydrogen) atoms. The Bertz CT molecular complexity index is 875. The van der Waals surface area contributed by atoms with Crippen LogP contribution in [0.15, 0.2) is 48.0 Å². The van der Waals surface area contributed by atoms with Crippen molar-refractivity contribution in [2.45, 2.75) is 13.8 Å². The number of carbonyl (C=O) groups excluding carboxylic acids is 1. The maximum atomic E-state index is 12.6. The molecule has 0 aliphatic carbocycles. The highest BCUT2D eigenvalue weighted by molar-refractivity contribution is 7.21. The van der Waals surface area contributed by atoms with E-state index in [0.29, 0.717) is 16.1 Å². The fraction of sp³-hybridized carbons (Fsp3) is 0.111. The van der Waals surface area contributed by atoms with Crippen molar-refractivity contribution in [1.82, 2.24) is 4.98 Å². The molecular weight excluding hydrogens is 292 g/mol. The number of nitrogens with two attached hydrogens (primary N) is 1. The second-order valence-electron chi connectivity index (χ2n) is 5.35. The summed E-state index contributed by atoms with van der Waals surface area (Å²) in [5.74, 6) is -0.0511. The number of benzene rings is 1. The minimum absolute atomic E-state index is 0.0511. The number of hydrogen-bond donors (Lipinski definition) is 1. The summed E-state index contributed by atoms with van der Waals surface area (Å²) in [6.07, 6.45) is 2.01. The summed E-state index contributed by atoms with van der Waals surface area (Å²) in [7, 11) is 0. The third-order valence-electron chi connectivity index (χ3n) is 3.29. The monoisotopic (exact) mass is 308 g/mol. The summed E-state index contributed by atoms with van der Waals surface area (Å²) < 4.78 is 0. The molecule has 4 heteroatoms. The van der Waals surface area contributed by atoms with Gasteiger partial charge in [0, 0.05) is 10.9 Å². The number of anilines is 1. The van der Waals surface area contributed by atoms with Crippen LogP contribution >= 0.6 is 11.3 Å². The molecule has 0 bridgehead atoms. The van der Waals surface area contributed by atoms with Gasteiger partial charge in [-0.3, -0.25) is 4.79 Å². The number of rotatable bonds is 3. The molecular formula is C18H16N2OS. The summed E-state index contributed by atoms with van der Waals surface area (Å²) >= 11 is 1.35. The van der Waals surface area contributed by atoms with Crippen LogP contribution in [0.3, 0.4) is 0 Å². The molecule has 110 valence electrons. The Balaban J connectivity index is 2.10. The molecule has 2 aromatic heterocycles.